The van der Waals surface area contributed by atoms with Gasteiger partial charge >= 0.3 is 0 Å². The third-order valence-corrected chi connectivity index (χ3v) is 4.03. The fraction of sp³-hybridized carbons (Fsp3) is 0.267. The van der Waals surface area contributed by atoms with Gasteiger partial charge in [-0.1, -0.05) is 17.7 Å². The van der Waals surface area contributed by atoms with Crippen molar-refractivity contribution >= 4 is 34.5 Å². The van der Waals surface area contributed by atoms with E-state index in [1.807, 2.05) is 17.5 Å². The Morgan fingerprint density at radius 2 is 2.24 bits per heavy atom. The highest BCUT2D eigenvalue weighted by molar-refractivity contribution is 7.09. The molecular weight excluding hydrogens is 308 g/mol. The summed E-state index contributed by atoms with van der Waals surface area (Å²) in [6, 6.07) is 8.87. The number of hydrogen-bond acceptors (Lipinski definition) is 4. The topological polar surface area (TPSA) is 55.6 Å². The highest BCUT2D eigenvalue weighted by Gasteiger charge is 2.17. The fourth-order valence-corrected chi connectivity index (χ4v) is 2.93. The lowest BCUT2D eigenvalue weighted by Crippen LogP contribution is -2.33. The minimum atomic E-state index is -0.102. The number of nitrogens with two attached hydrogens (primary N) is 1. The van der Waals surface area contributed by atoms with E-state index in [1.165, 1.54) is 0 Å². The first-order valence-electron chi connectivity index (χ1n) is 6.47. The van der Waals surface area contributed by atoms with Gasteiger partial charge in [-0.3, -0.25) is 4.79 Å². The number of hydrogen-bond donors (Lipinski definition) is 1. The second-order valence-electron chi connectivity index (χ2n) is 4.57. The molecule has 0 unspecified atom stereocenters. The molecule has 0 radical (unpaired) electrons. The van der Waals surface area contributed by atoms with E-state index in [2.05, 4.69) is 0 Å². The van der Waals surface area contributed by atoms with Crippen LogP contribution in [0.4, 0.5) is 5.69 Å². The summed E-state index contributed by atoms with van der Waals surface area (Å²) in [4.78, 5) is 15.5. The molecule has 21 heavy (non-hydrogen) atoms. The van der Waals surface area contributed by atoms with Gasteiger partial charge in [-0.15, -0.1) is 11.3 Å². The van der Waals surface area contributed by atoms with Crippen LogP contribution < -0.4 is 5.73 Å². The average molecular weight is 325 g/mol. The highest BCUT2D eigenvalue weighted by atomic mass is 35.5. The van der Waals surface area contributed by atoms with Crippen LogP contribution in [0.5, 0.6) is 0 Å². The summed E-state index contributed by atoms with van der Waals surface area (Å²) in [5, 5.41) is 2.45. The molecule has 0 saturated carbocycles. The van der Waals surface area contributed by atoms with Crippen molar-refractivity contribution in [2.75, 3.05) is 26.0 Å². The summed E-state index contributed by atoms with van der Waals surface area (Å²) in [7, 11) is 1.62. The molecule has 6 heteroatoms. The van der Waals surface area contributed by atoms with Gasteiger partial charge in [-0.05, 0) is 29.6 Å². The summed E-state index contributed by atoms with van der Waals surface area (Å²) in [5.74, 6) is -0.102. The zero-order valence-electron chi connectivity index (χ0n) is 11.7. The first-order chi connectivity index (χ1) is 10.1. The van der Waals surface area contributed by atoms with Crippen LogP contribution in [0.2, 0.25) is 5.02 Å². The molecule has 0 aliphatic rings. The lowest BCUT2D eigenvalue weighted by atomic mass is 10.1. The maximum atomic E-state index is 12.6. The van der Waals surface area contributed by atoms with Crippen molar-refractivity contribution < 1.29 is 9.53 Å². The van der Waals surface area contributed by atoms with Gasteiger partial charge in [-0.2, -0.15) is 0 Å². The number of carbonyl (C=O) groups excluding carboxylic acids is 1. The Bertz CT molecular complexity index is 581. The van der Waals surface area contributed by atoms with Gasteiger partial charge < -0.3 is 15.4 Å². The summed E-state index contributed by atoms with van der Waals surface area (Å²) >= 11 is 7.59. The molecule has 1 aromatic heterocycles. The number of nitrogens with zero attached hydrogens (tertiary/aromatic N) is 1. The van der Waals surface area contributed by atoms with E-state index in [4.69, 9.17) is 22.1 Å². The molecule has 0 aliphatic carbocycles. The number of ether oxygens (including phenoxy) is 1. The molecule has 1 aromatic carbocycles. The van der Waals surface area contributed by atoms with Crippen LogP contribution in [-0.2, 0) is 11.3 Å². The molecule has 0 bridgehead atoms. The van der Waals surface area contributed by atoms with Crippen LogP contribution in [0, 0.1) is 0 Å². The zero-order valence-corrected chi connectivity index (χ0v) is 13.3. The lowest BCUT2D eigenvalue weighted by molar-refractivity contribution is 0.0682. The second-order valence-corrected chi connectivity index (χ2v) is 6.04. The number of rotatable bonds is 6. The zero-order chi connectivity index (χ0) is 15.2. The molecule has 2 N–H and O–H groups in total. The van der Waals surface area contributed by atoms with Gasteiger partial charge in [0.2, 0.25) is 0 Å². The van der Waals surface area contributed by atoms with E-state index in [9.17, 15) is 4.79 Å². The van der Waals surface area contributed by atoms with E-state index in [1.54, 1.807) is 41.5 Å². The van der Waals surface area contributed by atoms with Gasteiger partial charge in [0.05, 0.1) is 13.2 Å². The molecule has 2 rings (SSSR count). The van der Waals surface area contributed by atoms with Gasteiger partial charge in [0.25, 0.3) is 5.91 Å². The summed E-state index contributed by atoms with van der Waals surface area (Å²) < 4.78 is 5.08. The van der Waals surface area contributed by atoms with Crippen LogP contribution in [0.1, 0.15) is 15.2 Å². The number of halogens is 1. The van der Waals surface area contributed by atoms with Gasteiger partial charge in [0.1, 0.15) is 0 Å². The molecule has 112 valence electrons. The van der Waals surface area contributed by atoms with Crippen LogP contribution in [0.15, 0.2) is 35.7 Å². The minimum Gasteiger partial charge on any atom is -0.399 e. The molecule has 1 heterocycles. The third-order valence-electron chi connectivity index (χ3n) is 2.95. The smallest absolute Gasteiger partial charge is 0.254 e. The minimum absolute atomic E-state index is 0.102. The Hall–Kier alpha value is -1.56. The SMILES string of the molecule is COCCN(Cc1cccs1)C(=O)c1cc(N)cc(Cl)c1. The molecule has 0 aliphatic heterocycles. The Labute approximate surface area is 133 Å². The van der Waals surface area contributed by atoms with Crippen molar-refractivity contribution in [2.45, 2.75) is 6.54 Å². The number of carbonyl (C=O) groups is 1. The summed E-state index contributed by atoms with van der Waals surface area (Å²) in [5.41, 5.74) is 6.73. The van der Waals surface area contributed by atoms with Crippen LogP contribution in [0.25, 0.3) is 0 Å². The maximum Gasteiger partial charge on any atom is 0.254 e. The number of benzene rings is 1. The molecule has 4 nitrogen and oxygen atoms in total. The monoisotopic (exact) mass is 324 g/mol. The van der Waals surface area contributed by atoms with Crippen molar-refractivity contribution in [3.8, 4) is 0 Å². The number of anilines is 1. The predicted octanol–water partition coefficient (Wildman–Crippen LogP) is 3.27. The largest absolute Gasteiger partial charge is 0.399 e. The van der Waals surface area contributed by atoms with Gasteiger partial charge in [0.15, 0.2) is 0 Å². The highest BCUT2D eigenvalue weighted by Crippen LogP contribution is 2.20. The van der Waals surface area contributed by atoms with Gasteiger partial charge in [-0.25, -0.2) is 0 Å². The Morgan fingerprint density at radius 1 is 1.43 bits per heavy atom. The predicted molar refractivity (Wildman–Crippen MR) is 86.8 cm³/mol. The Morgan fingerprint density at radius 3 is 2.86 bits per heavy atom. The molecule has 2 aromatic rings. The van der Waals surface area contributed by atoms with Crippen LogP contribution in [0.3, 0.4) is 0 Å². The number of nitrogen functional groups attached to an aromatic ring is 1. The maximum absolute atomic E-state index is 12.6. The van der Waals surface area contributed by atoms with E-state index >= 15 is 0 Å². The summed E-state index contributed by atoms with van der Waals surface area (Å²) in [6.45, 7) is 1.54. The van der Waals surface area contributed by atoms with Crippen molar-refractivity contribution in [3.05, 3.63) is 51.2 Å². The van der Waals surface area contributed by atoms with Crippen molar-refractivity contribution in [3.63, 3.8) is 0 Å². The Kier molecular flexibility index (Phi) is 5.61. The first-order valence-corrected chi connectivity index (χ1v) is 7.72. The fourth-order valence-electron chi connectivity index (χ4n) is 1.96. The van der Waals surface area contributed by atoms with Gasteiger partial charge in [0, 0.05) is 34.8 Å². The van der Waals surface area contributed by atoms with Crippen molar-refractivity contribution in [1.82, 2.24) is 4.90 Å². The number of methoxy groups -OCH3 is 1. The lowest BCUT2D eigenvalue weighted by Gasteiger charge is -2.22. The molecule has 0 saturated heterocycles. The van der Waals surface area contributed by atoms with Crippen LogP contribution in [-0.4, -0.2) is 31.1 Å². The molecule has 1 amide bonds. The van der Waals surface area contributed by atoms with E-state index in [0.29, 0.717) is 36.0 Å². The Balaban J connectivity index is 2.20. The molecule has 0 spiro atoms. The van der Waals surface area contributed by atoms with E-state index in [0.717, 1.165) is 4.88 Å². The van der Waals surface area contributed by atoms with E-state index < -0.39 is 0 Å². The number of amides is 1. The van der Waals surface area contributed by atoms with Crippen molar-refractivity contribution in [1.29, 1.82) is 0 Å². The molecule has 0 fully saturated rings. The quantitative estimate of drug-likeness (QED) is 0.830. The molecule has 0 atom stereocenters. The standard InChI is InChI=1S/C15H17ClN2O2S/c1-20-5-4-18(10-14-3-2-6-21-14)15(19)11-7-12(16)9-13(17)8-11/h2-3,6-9H,4-5,10,17H2,1H3. The van der Waals surface area contributed by atoms with Crippen molar-refractivity contribution in [2.24, 2.45) is 0 Å². The van der Waals surface area contributed by atoms with E-state index in [-0.39, 0.29) is 5.91 Å². The normalized spacial score (nSPS) is 10.6. The number of thiophene rings is 1. The first kappa shape index (κ1) is 15.8. The average Bonchev–Trinajstić information content (AvgIpc) is 2.94. The summed E-state index contributed by atoms with van der Waals surface area (Å²) in [6.07, 6.45) is 0. The third kappa shape index (κ3) is 4.46. The van der Waals surface area contributed by atoms with Crippen LogP contribution >= 0.6 is 22.9 Å². The molecular formula is C15H17ClN2O2S. The second kappa shape index (κ2) is 7.45.